The van der Waals surface area contributed by atoms with Crippen molar-refractivity contribution in [2.24, 2.45) is 0 Å². The molecule has 84 valence electrons. The van der Waals surface area contributed by atoms with E-state index in [9.17, 15) is 9.50 Å². The summed E-state index contributed by atoms with van der Waals surface area (Å²) in [5, 5.41) is 9.95. The highest BCUT2D eigenvalue weighted by molar-refractivity contribution is 5.19. The van der Waals surface area contributed by atoms with Crippen LogP contribution in [0.15, 0.2) is 24.3 Å². The van der Waals surface area contributed by atoms with Gasteiger partial charge in [0.15, 0.2) is 0 Å². The lowest BCUT2D eigenvalue weighted by Gasteiger charge is -2.21. The second-order valence-electron chi connectivity index (χ2n) is 3.40. The Bertz CT molecular complexity index is 284. The molecule has 0 heterocycles. The molecular formula is C12H17FO2. The van der Waals surface area contributed by atoms with Crippen molar-refractivity contribution in [3.05, 3.63) is 35.6 Å². The van der Waals surface area contributed by atoms with E-state index >= 15 is 0 Å². The number of hydrogen-bond acceptors (Lipinski definition) is 2. The zero-order valence-electron chi connectivity index (χ0n) is 9.11. The van der Waals surface area contributed by atoms with Crippen LogP contribution in [-0.2, 0) is 4.74 Å². The summed E-state index contributed by atoms with van der Waals surface area (Å²) in [7, 11) is 0. The molecule has 2 unspecified atom stereocenters. The van der Waals surface area contributed by atoms with Crippen molar-refractivity contribution >= 4 is 0 Å². The molecule has 0 aliphatic rings. The van der Waals surface area contributed by atoms with Crippen molar-refractivity contribution < 1.29 is 14.2 Å². The lowest BCUT2D eigenvalue weighted by Crippen LogP contribution is -2.21. The maximum absolute atomic E-state index is 12.7. The topological polar surface area (TPSA) is 29.5 Å². The Kier molecular flexibility index (Phi) is 4.72. The largest absolute Gasteiger partial charge is 0.386 e. The number of ether oxygens (including phenoxy) is 1. The highest BCUT2D eigenvalue weighted by Gasteiger charge is 2.19. The third-order valence-corrected chi connectivity index (χ3v) is 2.35. The molecule has 0 saturated heterocycles. The van der Waals surface area contributed by atoms with E-state index in [1.165, 1.54) is 12.1 Å². The van der Waals surface area contributed by atoms with Gasteiger partial charge in [-0.15, -0.1) is 0 Å². The van der Waals surface area contributed by atoms with Gasteiger partial charge in [0.2, 0.25) is 0 Å². The van der Waals surface area contributed by atoms with Gasteiger partial charge >= 0.3 is 0 Å². The Morgan fingerprint density at radius 2 is 1.87 bits per heavy atom. The Labute approximate surface area is 89.7 Å². The molecule has 3 heteroatoms. The minimum Gasteiger partial charge on any atom is -0.386 e. The van der Waals surface area contributed by atoms with Gasteiger partial charge in [0.1, 0.15) is 11.9 Å². The van der Waals surface area contributed by atoms with Crippen molar-refractivity contribution in [1.29, 1.82) is 0 Å². The van der Waals surface area contributed by atoms with Crippen LogP contribution in [0.25, 0.3) is 0 Å². The predicted octanol–water partition coefficient (Wildman–Crippen LogP) is 2.67. The first-order valence-corrected chi connectivity index (χ1v) is 5.24. The van der Waals surface area contributed by atoms with Gasteiger partial charge in [-0.3, -0.25) is 0 Å². The van der Waals surface area contributed by atoms with Gasteiger partial charge in [-0.2, -0.15) is 0 Å². The number of aliphatic hydroxyl groups excluding tert-OH is 1. The fourth-order valence-electron chi connectivity index (χ4n) is 1.52. The maximum atomic E-state index is 12.7. The number of benzene rings is 1. The normalized spacial score (nSPS) is 14.9. The van der Waals surface area contributed by atoms with Gasteiger partial charge in [0.25, 0.3) is 0 Å². The monoisotopic (exact) mass is 212 g/mol. The van der Waals surface area contributed by atoms with Crippen LogP contribution in [0.4, 0.5) is 4.39 Å². The first-order chi connectivity index (χ1) is 7.19. The minimum atomic E-state index is -0.685. The highest BCUT2D eigenvalue weighted by atomic mass is 19.1. The van der Waals surface area contributed by atoms with Gasteiger partial charge < -0.3 is 9.84 Å². The molecular weight excluding hydrogens is 195 g/mol. The van der Waals surface area contributed by atoms with E-state index in [1.807, 2.05) is 13.8 Å². The van der Waals surface area contributed by atoms with Crippen LogP contribution in [-0.4, -0.2) is 17.8 Å². The molecule has 0 amide bonds. The van der Waals surface area contributed by atoms with Crippen LogP contribution in [0.3, 0.4) is 0 Å². The number of hydrogen-bond donors (Lipinski definition) is 1. The van der Waals surface area contributed by atoms with Gasteiger partial charge in [-0.1, -0.05) is 19.1 Å². The molecule has 1 N–H and O–H groups in total. The molecule has 0 bridgehead atoms. The Morgan fingerprint density at radius 1 is 1.27 bits per heavy atom. The number of aliphatic hydroxyl groups is 1. The van der Waals surface area contributed by atoms with E-state index in [1.54, 1.807) is 12.1 Å². The number of halogens is 1. The molecule has 0 radical (unpaired) electrons. The Balaban J connectivity index is 2.73. The minimum absolute atomic E-state index is 0.222. The van der Waals surface area contributed by atoms with Crippen molar-refractivity contribution in [2.75, 3.05) is 6.61 Å². The summed E-state index contributed by atoms with van der Waals surface area (Å²) in [6.07, 6.45) is -0.178. The third-order valence-electron chi connectivity index (χ3n) is 2.35. The predicted molar refractivity (Wildman–Crippen MR) is 57.1 cm³/mol. The summed E-state index contributed by atoms with van der Waals surface area (Å²) in [5.41, 5.74) is 0.691. The van der Waals surface area contributed by atoms with E-state index in [0.29, 0.717) is 12.2 Å². The van der Waals surface area contributed by atoms with Crippen molar-refractivity contribution in [3.63, 3.8) is 0 Å². The first-order valence-electron chi connectivity index (χ1n) is 5.24. The van der Waals surface area contributed by atoms with Gasteiger partial charge in [0, 0.05) is 6.61 Å². The third kappa shape index (κ3) is 3.29. The average Bonchev–Trinajstić information content (AvgIpc) is 2.26. The Hall–Kier alpha value is -0.930. The van der Waals surface area contributed by atoms with Crippen molar-refractivity contribution in [1.82, 2.24) is 0 Å². The van der Waals surface area contributed by atoms with Crippen molar-refractivity contribution in [3.8, 4) is 0 Å². The van der Waals surface area contributed by atoms with Crippen molar-refractivity contribution in [2.45, 2.75) is 32.5 Å². The molecule has 0 spiro atoms. The van der Waals surface area contributed by atoms with E-state index in [2.05, 4.69) is 0 Å². The van der Waals surface area contributed by atoms with Crippen LogP contribution in [0.5, 0.6) is 0 Å². The molecule has 0 aromatic heterocycles. The lowest BCUT2D eigenvalue weighted by molar-refractivity contribution is -0.0356. The molecule has 1 aromatic carbocycles. The van der Waals surface area contributed by atoms with Gasteiger partial charge in [0.05, 0.1) is 6.10 Å². The molecule has 1 aromatic rings. The fraction of sp³-hybridized carbons (Fsp3) is 0.500. The van der Waals surface area contributed by atoms with E-state index in [-0.39, 0.29) is 11.9 Å². The van der Waals surface area contributed by atoms with Crippen LogP contribution in [0.1, 0.15) is 31.9 Å². The van der Waals surface area contributed by atoms with Gasteiger partial charge in [-0.25, -0.2) is 4.39 Å². The van der Waals surface area contributed by atoms with E-state index < -0.39 is 6.10 Å². The van der Waals surface area contributed by atoms with Crippen LogP contribution in [0.2, 0.25) is 0 Å². The highest BCUT2D eigenvalue weighted by Crippen LogP contribution is 2.21. The lowest BCUT2D eigenvalue weighted by atomic mass is 10.0. The first kappa shape index (κ1) is 12.1. The summed E-state index contributed by atoms with van der Waals surface area (Å²) < 4.78 is 18.1. The molecule has 0 aliphatic carbocycles. The molecule has 2 atom stereocenters. The summed E-state index contributed by atoms with van der Waals surface area (Å²) in [6, 6.07) is 5.86. The molecule has 0 saturated carbocycles. The second-order valence-corrected chi connectivity index (χ2v) is 3.40. The van der Waals surface area contributed by atoms with E-state index in [0.717, 1.165) is 6.42 Å². The Morgan fingerprint density at radius 3 is 2.33 bits per heavy atom. The maximum Gasteiger partial charge on any atom is 0.123 e. The average molecular weight is 212 g/mol. The smallest absolute Gasteiger partial charge is 0.123 e. The standard InChI is InChI=1S/C12H17FO2/c1-3-11(15-4-2)12(14)9-5-7-10(13)8-6-9/h5-8,11-12,14H,3-4H2,1-2H3. The summed E-state index contributed by atoms with van der Waals surface area (Å²) in [4.78, 5) is 0. The molecule has 2 nitrogen and oxygen atoms in total. The molecule has 1 rings (SSSR count). The second kappa shape index (κ2) is 5.83. The zero-order chi connectivity index (χ0) is 11.3. The van der Waals surface area contributed by atoms with Gasteiger partial charge in [-0.05, 0) is 31.0 Å². The summed E-state index contributed by atoms with van der Waals surface area (Å²) in [5.74, 6) is -0.296. The molecule has 0 aliphatic heterocycles. The van der Waals surface area contributed by atoms with Crippen LogP contribution >= 0.6 is 0 Å². The summed E-state index contributed by atoms with van der Waals surface area (Å²) in [6.45, 7) is 4.41. The van der Waals surface area contributed by atoms with E-state index in [4.69, 9.17) is 4.74 Å². The fourth-order valence-corrected chi connectivity index (χ4v) is 1.52. The van der Waals surface area contributed by atoms with Crippen LogP contribution < -0.4 is 0 Å². The summed E-state index contributed by atoms with van der Waals surface area (Å²) >= 11 is 0. The number of rotatable bonds is 5. The van der Waals surface area contributed by atoms with Crippen LogP contribution in [0, 0.1) is 5.82 Å². The SMILES string of the molecule is CCOC(CC)C(O)c1ccc(F)cc1. The quantitative estimate of drug-likeness (QED) is 0.813. The molecule has 15 heavy (non-hydrogen) atoms. The molecule has 0 fully saturated rings. The zero-order valence-corrected chi connectivity index (χ0v) is 9.11.